The molecule has 0 saturated heterocycles. The van der Waals surface area contributed by atoms with Crippen molar-refractivity contribution in [2.75, 3.05) is 0 Å². The van der Waals surface area contributed by atoms with Gasteiger partial charge in [-0.1, -0.05) is 44.2 Å². The number of carbonyl (C=O) groups is 2. The molecule has 3 rings (SSSR count). The Bertz CT molecular complexity index is 549. The van der Waals surface area contributed by atoms with Crippen molar-refractivity contribution in [3.8, 4) is 0 Å². The van der Waals surface area contributed by atoms with E-state index in [9.17, 15) is 9.59 Å². The predicted octanol–water partition coefficient (Wildman–Crippen LogP) is 2.70. The summed E-state index contributed by atoms with van der Waals surface area (Å²) in [5.41, 5.74) is -0.0119. The van der Waals surface area contributed by atoms with Crippen LogP contribution < -0.4 is 5.32 Å². The standard InChI is InChI=1S/C17H21NO2/c1-16(2)13-8-9-17(10-13,14(16)19)15(20)18-11-12-6-4-3-5-7-12/h3-7,13H,8-11H2,1-2H3,(H,18,20)/t13-,17-/m1/s1. The van der Waals surface area contributed by atoms with Crippen LogP contribution in [0.2, 0.25) is 0 Å². The number of amides is 1. The van der Waals surface area contributed by atoms with Crippen LogP contribution in [0.1, 0.15) is 38.7 Å². The van der Waals surface area contributed by atoms with E-state index >= 15 is 0 Å². The van der Waals surface area contributed by atoms with Gasteiger partial charge >= 0.3 is 0 Å². The van der Waals surface area contributed by atoms with Crippen molar-refractivity contribution < 1.29 is 9.59 Å². The first-order chi connectivity index (χ1) is 9.47. The van der Waals surface area contributed by atoms with Gasteiger partial charge in [0.1, 0.15) is 5.41 Å². The molecule has 1 aromatic carbocycles. The lowest BCUT2D eigenvalue weighted by molar-refractivity contribution is -0.145. The van der Waals surface area contributed by atoms with Crippen LogP contribution in [0.5, 0.6) is 0 Å². The maximum Gasteiger partial charge on any atom is 0.233 e. The van der Waals surface area contributed by atoms with Gasteiger partial charge in [0, 0.05) is 12.0 Å². The number of benzene rings is 1. The second-order valence-electron chi connectivity index (χ2n) is 6.74. The Morgan fingerprint density at radius 1 is 1.30 bits per heavy atom. The highest BCUT2D eigenvalue weighted by atomic mass is 16.2. The molecule has 3 heteroatoms. The summed E-state index contributed by atoms with van der Waals surface area (Å²) in [5, 5.41) is 2.97. The lowest BCUT2D eigenvalue weighted by atomic mass is 9.70. The molecule has 2 saturated carbocycles. The second kappa shape index (κ2) is 4.44. The molecule has 2 aliphatic rings. The van der Waals surface area contributed by atoms with Crippen LogP contribution in [0.4, 0.5) is 0 Å². The molecule has 0 heterocycles. The number of fused-ring (bicyclic) bond motifs is 2. The molecule has 0 aromatic heterocycles. The summed E-state index contributed by atoms with van der Waals surface area (Å²) >= 11 is 0. The molecule has 106 valence electrons. The second-order valence-corrected chi connectivity index (χ2v) is 6.74. The Labute approximate surface area is 119 Å². The molecular weight excluding hydrogens is 250 g/mol. The van der Waals surface area contributed by atoms with Crippen LogP contribution in [-0.2, 0) is 16.1 Å². The SMILES string of the molecule is CC1(C)C(=O)[C@@]2(C(=O)NCc3ccccc3)CC[C@@H]1C2. The van der Waals surface area contributed by atoms with Crippen LogP contribution in [0.25, 0.3) is 0 Å². The first-order valence-corrected chi connectivity index (χ1v) is 7.34. The molecule has 2 atom stereocenters. The zero-order valence-electron chi connectivity index (χ0n) is 12.1. The highest BCUT2D eigenvalue weighted by Crippen LogP contribution is 2.60. The predicted molar refractivity (Wildman–Crippen MR) is 76.9 cm³/mol. The van der Waals surface area contributed by atoms with Crippen molar-refractivity contribution >= 4 is 11.7 Å². The van der Waals surface area contributed by atoms with E-state index in [1.165, 1.54) is 0 Å². The molecule has 1 amide bonds. The van der Waals surface area contributed by atoms with Gasteiger partial charge in [-0.05, 0) is 30.7 Å². The summed E-state index contributed by atoms with van der Waals surface area (Å²) in [6.45, 7) is 4.48. The van der Waals surface area contributed by atoms with Crippen molar-refractivity contribution in [2.24, 2.45) is 16.7 Å². The molecular formula is C17H21NO2. The lowest BCUT2D eigenvalue weighted by Gasteiger charge is -2.32. The van der Waals surface area contributed by atoms with Crippen LogP contribution >= 0.6 is 0 Å². The van der Waals surface area contributed by atoms with E-state index in [0.717, 1.165) is 24.8 Å². The van der Waals surface area contributed by atoms with Crippen LogP contribution in [-0.4, -0.2) is 11.7 Å². The summed E-state index contributed by atoms with van der Waals surface area (Å²) in [7, 11) is 0. The molecule has 0 aliphatic heterocycles. The lowest BCUT2D eigenvalue weighted by Crippen LogP contribution is -2.47. The number of carbonyl (C=O) groups excluding carboxylic acids is 2. The largest absolute Gasteiger partial charge is 0.351 e. The van der Waals surface area contributed by atoms with E-state index in [1.807, 2.05) is 44.2 Å². The maximum absolute atomic E-state index is 12.6. The zero-order chi connectivity index (χ0) is 14.4. The van der Waals surface area contributed by atoms with Crippen LogP contribution in [0.15, 0.2) is 30.3 Å². The fourth-order valence-corrected chi connectivity index (χ4v) is 3.93. The zero-order valence-corrected chi connectivity index (χ0v) is 12.1. The highest BCUT2D eigenvalue weighted by Gasteiger charge is 2.64. The number of hydrogen-bond donors (Lipinski definition) is 1. The van der Waals surface area contributed by atoms with E-state index < -0.39 is 5.41 Å². The summed E-state index contributed by atoms with van der Waals surface area (Å²) in [6.07, 6.45) is 2.46. The smallest absolute Gasteiger partial charge is 0.233 e. The molecule has 3 nitrogen and oxygen atoms in total. The van der Waals surface area contributed by atoms with Crippen molar-refractivity contribution in [1.82, 2.24) is 5.32 Å². The van der Waals surface area contributed by atoms with Gasteiger partial charge in [0.25, 0.3) is 0 Å². The van der Waals surface area contributed by atoms with E-state index in [1.54, 1.807) is 0 Å². The molecule has 1 aromatic rings. The molecule has 1 N–H and O–H groups in total. The number of Topliss-reactive ketones (excluding diaryl/α,β-unsaturated/α-hetero) is 1. The fourth-order valence-electron chi connectivity index (χ4n) is 3.93. The van der Waals surface area contributed by atoms with Crippen LogP contribution in [0, 0.1) is 16.7 Å². The quantitative estimate of drug-likeness (QED) is 0.859. The molecule has 20 heavy (non-hydrogen) atoms. The van der Waals surface area contributed by atoms with Gasteiger partial charge in [-0.15, -0.1) is 0 Å². The number of rotatable bonds is 3. The molecule has 0 unspecified atom stereocenters. The van der Waals surface area contributed by atoms with E-state index in [4.69, 9.17) is 0 Å². The van der Waals surface area contributed by atoms with E-state index in [0.29, 0.717) is 12.5 Å². The molecule has 0 spiro atoms. The van der Waals surface area contributed by atoms with Gasteiger partial charge in [0.15, 0.2) is 5.78 Å². The molecule has 2 bridgehead atoms. The van der Waals surface area contributed by atoms with Crippen molar-refractivity contribution in [1.29, 1.82) is 0 Å². The van der Waals surface area contributed by atoms with Gasteiger partial charge in [0.05, 0.1) is 0 Å². The summed E-state index contributed by atoms with van der Waals surface area (Å²) < 4.78 is 0. The Morgan fingerprint density at radius 3 is 2.60 bits per heavy atom. The van der Waals surface area contributed by atoms with Crippen LogP contribution in [0.3, 0.4) is 0 Å². The molecule has 2 aliphatic carbocycles. The summed E-state index contributed by atoms with van der Waals surface area (Å²) in [6, 6.07) is 9.82. The molecule has 0 radical (unpaired) electrons. The first kappa shape index (κ1) is 13.3. The summed E-state index contributed by atoms with van der Waals surface area (Å²) in [4.78, 5) is 25.2. The van der Waals surface area contributed by atoms with Gasteiger partial charge < -0.3 is 5.32 Å². The third kappa shape index (κ3) is 1.80. The fraction of sp³-hybridized carbons (Fsp3) is 0.529. The van der Waals surface area contributed by atoms with Gasteiger partial charge in [-0.2, -0.15) is 0 Å². The van der Waals surface area contributed by atoms with Crippen molar-refractivity contribution in [3.05, 3.63) is 35.9 Å². The third-order valence-electron chi connectivity index (χ3n) is 5.29. The Kier molecular flexibility index (Phi) is 2.96. The minimum Gasteiger partial charge on any atom is -0.351 e. The normalized spacial score (nSPS) is 30.5. The van der Waals surface area contributed by atoms with E-state index in [-0.39, 0.29) is 17.1 Å². The number of hydrogen-bond acceptors (Lipinski definition) is 2. The molecule has 2 fully saturated rings. The third-order valence-corrected chi connectivity index (χ3v) is 5.29. The monoisotopic (exact) mass is 271 g/mol. The van der Waals surface area contributed by atoms with Gasteiger partial charge in [-0.25, -0.2) is 0 Å². The average molecular weight is 271 g/mol. The summed E-state index contributed by atoms with van der Waals surface area (Å²) in [5.74, 6) is 0.448. The number of ketones is 1. The highest BCUT2D eigenvalue weighted by molar-refractivity contribution is 6.10. The van der Waals surface area contributed by atoms with Gasteiger partial charge in [0.2, 0.25) is 5.91 Å². The Hall–Kier alpha value is -1.64. The number of nitrogens with one attached hydrogen (secondary N) is 1. The van der Waals surface area contributed by atoms with Gasteiger partial charge in [-0.3, -0.25) is 9.59 Å². The Morgan fingerprint density at radius 2 is 2.00 bits per heavy atom. The first-order valence-electron chi connectivity index (χ1n) is 7.34. The average Bonchev–Trinajstić information content (AvgIpc) is 2.98. The minimum atomic E-state index is -0.747. The Balaban J connectivity index is 1.73. The van der Waals surface area contributed by atoms with Crippen molar-refractivity contribution in [2.45, 2.75) is 39.7 Å². The maximum atomic E-state index is 12.6. The topological polar surface area (TPSA) is 46.2 Å². The van der Waals surface area contributed by atoms with Crippen molar-refractivity contribution in [3.63, 3.8) is 0 Å². The minimum absolute atomic E-state index is 0.0700. The van der Waals surface area contributed by atoms with E-state index in [2.05, 4.69) is 5.32 Å².